The highest BCUT2D eigenvalue weighted by molar-refractivity contribution is 14.0. The molecule has 6 nitrogen and oxygen atoms in total. The van der Waals surface area contributed by atoms with Crippen molar-refractivity contribution < 1.29 is 4.74 Å². The van der Waals surface area contributed by atoms with E-state index in [4.69, 9.17) is 9.73 Å². The molecule has 3 aromatic rings. The number of rotatable bonds is 9. The summed E-state index contributed by atoms with van der Waals surface area (Å²) in [4.78, 5) is 11.0. The van der Waals surface area contributed by atoms with E-state index in [1.807, 2.05) is 49.9 Å². The minimum absolute atomic E-state index is 0. The smallest absolute Gasteiger partial charge is 0.194 e. The Balaban J connectivity index is 0.00000320. The highest BCUT2D eigenvalue weighted by atomic mass is 127. The number of guanidine groups is 1. The zero-order valence-electron chi connectivity index (χ0n) is 17.6. The summed E-state index contributed by atoms with van der Waals surface area (Å²) in [7, 11) is 2.03. The maximum atomic E-state index is 5.79. The molecule has 160 valence electrons. The van der Waals surface area contributed by atoms with Crippen LogP contribution < -0.4 is 10.1 Å². The van der Waals surface area contributed by atoms with Crippen LogP contribution in [0.4, 0.5) is 0 Å². The van der Waals surface area contributed by atoms with Gasteiger partial charge in [0.15, 0.2) is 5.96 Å². The molecule has 0 atom stereocenters. The lowest BCUT2D eigenvalue weighted by Crippen LogP contribution is -2.40. The number of benzene rings is 2. The molecule has 0 bridgehead atoms. The van der Waals surface area contributed by atoms with Crippen molar-refractivity contribution in [1.29, 1.82) is 0 Å². The summed E-state index contributed by atoms with van der Waals surface area (Å²) in [5, 5.41) is 3.35. The summed E-state index contributed by atoms with van der Waals surface area (Å²) >= 11 is 0. The molecule has 0 saturated heterocycles. The fraction of sp³-hybridized carbons (Fsp3) is 0.304. The van der Waals surface area contributed by atoms with Crippen molar-refractivity contribution in [1.82, 2.24) is 19.8 Å². The van der Waals surface area contributed by atoms with Gasteiger partial charge in [0, 0.05) is 32.5 Å². The first-order valence-electron chi connectivity index (χ1n) is 9.95. The molecule has 0 radical (unpaired) electrons. The van der Waals surface area contributed by atoms with Crippen LogP contribution in [0.15, 0.2) is 78.3 Å². The summed E-state index contributed by atoms with van der Waals surface area (Å²) in [6.45, 7) is 5.73. The fourth-order valence-corrected chi connectivity index (χ4v) is 2.90. The molecule has 30 heavy (non-hydrogen) atoms. The summed E-state index contributed by atoms with van der Waals surface area (Å²) < 4.78 is 7.85. The molecule has 0 amide bonds. The van der Waals surface area contributed by atoms with Gasteiger partial charge < -0.3 is 19.5 Å². The number of hydrogen-bond donors (Lipinski definition) is 1. The molecular formula is C23H30IN5O. The number of aromatic nitrogens is 2. The van der Waals surface area contributed by atoms with E-state index >= 15 is 0 Å². The molecule has 2 aromatic carbocycles. The SMILES string of the molecule is CCNC(=NCc1ccc(Cn2ccnc2)cc1)N(C)CCOc1ccccc1.I. The first-order valence-corrected chi connectivity index (χ1v) is 9.95. The van der Waals surface area contributed by atoms with E-state index in [0.717, 1.165) is 31.3 Å². The molecule has 7 heteroatoms. The average molecular weight is 519 g/mol. The van der Waals surface area contributed by atoms with Crippen LogP contribution in [0.1, 0.15) is 18.1 Å². The normalized spacial score (nSPS) is 10.9. The van der Waals surface area contributed by atoms with E-state index in [9.17, 15) is 0 Å². The lowest BCUT2D eigenvalue weighted by atomic mass is 10.1. The second-order valence-electron chi connectivity index (χ2n) is 6.80. The van der Waals surface area contributed by atoms with E-state index in [1.165, 1.54) is 11.1 Å². The van der Waals surface area contributed by atoms with Crippen LogP contribution in [0.2, 0.25) is 0 Å². The second-order valence-corrected chi connectivity index (χ2v) is 6.80. The molecule has 1 aromatic heterocycles. The molecule has 0 spiro atoms. The van der Waals surface area contributed by atoms with Crippen molar-refractivity contribution >= 4 is 29.9 Å². The second kappa shape index (κ2) is 12.9. The van der Waals surface area contributed by atoms with Crippen molar-refractivity contribution in [2.45, 2.75) is 20.0 Å². The predicted molar refractivity (Wildman–Crippen MR) is 133 cm³/mol. The molecule has 0 fully saturated rings. The lowest BCUT2D eigenvalue weighted by Gasteiger charge is -2.22. The first-order chi connectivity index (χ1) is 14.2. The van der Waals surface area contributed by atoms with E-state index in [2.05, 4.69) is 51.0 Å². The number of aliphatic imine (C=N–C) groups is 1. The Morgan fingerprint density at radius 1 is 1.10 bits per heavy atom. The van der Waals surface area contributed by atoms with Gasteiger partial charge in [0.05, 0.1) is 19.4 Å². The van der Waals surface area contributed by atoms with Crippen molar-refractivity contribution in [3.05, 3.63) is 84.4 Å². The third-order valence-corrected chi connectivity index (χ3v) is 4.49. The van der Waals surface area contributed by atoms with Gasteiger partial charge in [-0.05, 0) is 30.2 Å². The van der Waals surface area contributed by atoms with Gasteiger partial charge in [-0.3, -0.25) is 0 Å². The highest BCUT2D eigenvalue weighted by Crippen LogP contribution is 2.09. The van der Waals surface area contributed by atoms with E-state index < -0.39 is 0 Å². The van der Waals surface area contributed by atoms with Gasteiger partial charge in [-0.25, -0.2) is 9.98 Å². The largest absolute Gasteiger partial charge is 0.492 e. The number of imidazole rings is 1. The van der Waals surface area contributed by atoms with E-state index in [1.54, 1.807) is 6.20 Å². The van der Waals surface area contributed by atoms with Gasteiger partial charge in [0.25, 0.3) is 0 Å². The minimum Gasteiger partial charge on any atom is -0.492 e. The maximum Gasteiger partial charge on any atom is 0.194 e. The zero-order valence-corrected chi connectivity index (χ0v) is 19.9. The highest BCUT2D eigenvalue weighted by Gasteiger charge is 2.06. The Bertz CT molecular complexity index is 866. The van der Waals surface area contributed by atoms with Gasteiger partial charge in [0.2, 0.25) is 0 Å². The standard InChI is InChI=1S/C23H29N5O.HI/c1-3-25-23(27(2)15-16-29-22-7-5-4-6-8-22)26-17-20-9-11-21(12-10-20)18-28-14-13-24-19-28;/h4-14,19H,3,15-18H2,1-2H3,(H,25,26);1H. The molecular weight excluding hydrogens is 489 g/mol. The number of ether oxygens (including phenoxy) is 1. The predicted octanol–water partition coefficient (Wildman–Crippen LogP) is 4.03. The number of likely N-dealkylation sites (N-methyl/N-ethyl adjacent to an activating group) is 1. The van der Waals surface area contributed by atoms with Crippen LogP contribution >= 0.6 is 24.0 Å². The van der Waals surface area contributed by atoms with E-state index in [-0.39, 0.29) is 24.0 Å². The minimum atomic E-state index is 0. The van der Waals surface area contributed by atoms with Crippen LogP contribution in [0.3, 0.4) is 0 Å². The Hall–Kier alpha value is -2.55. The number of halogens is 1. The maximum absolute atomic E-state index is 5.79. The molecule has 0 aliphatic rings. The fourth-order valence-electron chi connectivity index (χ4n) is 2.90. The lowest BCUT2D eigenvalue weighted by molar-refractivity contribution is 0.281. The molecule has 0 saturated carbocycles. The van der Waals surface area contributed by atoms with Gasteiger partial charge >= 0.3 is 0 Å². The van der Waals surface area contributed by atoms with Crippen molar-refractivity contribution in [2.24, 2.45) is 4.99 Å². The van der Waals surface area contributed by atoms with Crippen molar-refractivity contribution in [3.63, 3.8) is 0 Å². The van der Waals surface area contributed by atoms with Gasteiger partial charge in [-0.2, -0.15) is 0 Å². The molecule has 0 aliphatic carbocycles. The van der Waals surface area contributed by atoms with Crippen LogP contribution in [-0.2, 0) is 13.1 Å². The number of hydrogen-bond acceptors (Lipinski definition) is 3. The quantitative estimate of drug-likeness (QED) is 0.264. The third kappa shape index (κ3) is 7.70. The van der Waals surface area contributed by atoms with Gasteiger partial charge in [-0.1, -0.05) is 42.5 Å². The molecule has 1 N–H and O–H groups in total. The van der Waals surface area contributed by atoms with Crippen LogP contribution in [0, 0.1) is 0 Å². The Kier molecular flexibility index (Phi) is 10.2. The average Bonchev–Trinajstić information content (AvgIpc) is 3.26. The van der Waals surface area contributed by atoms with Gasteiger partial charge in [-0.15, -0.1) is 24.0 Å². The molecule has 0 aliphatic heterocycles. The topological polar surface area (TPSA) is 54.7 Å². The monoisotopic (exact) mass is 519 g/mol. The zero-order chi connectivity index (χ0) is 20.3. The first kappa shape index (κ1) is 23.7. The summed E-state index contributed by atoms with van der Waals surface area (Å²) in [5.74, 6) is 1.77. The Labute approximate surface area is 196 Å². The van der Waals surface area contributed by atoms with Crippen molar-refractivity contribution in [2.75, 3.05) is 26.7 Å². The molecule has 1 heterocycles. The van der Waals surface area contributed by atoms with Crippen molar-refractivity contribution in [3.8, 4) is 5.75 Å². The summed E-state index contributed by atoms with van der Waals surface area (Å²) in [6, 6.07) is 18.4. The third-order valence-electron chi connectivity index (χ3n) is 4.49. The number of nitrogens with zero attached hydrogens (tertiary/aromatic N) is 4. The van der Waals surface area contributed by atoms with Crippen LogP contribution in [0.5, 0.6) is 5.75 Å². The molecule has 3 rings (SSSR count). The number of para-hydroxylation sites is 1. The summed E-state index contributed by atoms with van der Waals surface area (Å²) in [6.07, 6.45) is 5.60. The van der Waals surface area contributed by atoms with Crippen LogP contribution in [-0.4, -0.2) is 47.2 Å². The Morgan fingerprint density at radius 3 is 2.50 bits per heavy atom. The van der Waals surface area contributed by atoms with Crippen LogP contribution in [0.25, 0.3) is 0 Å². The van der Waals surface area contributed by atoms with E-state index in [0.29, 0.717) is 13.2 Å². The summed E-state index contributed by atoms with van der Waals surface area (Å²) in [5.41, 5.74) is 2.43. The molecule has 0 unspecified atom stereocenters. The number of nitrogens with one attached hydrogen (secondary N) is 1. The van der Waals surface area contributed by atoms with Gasteiger partial charge in [0.1, 0.15) is 12.4 Å². The Morgan fingerprint density at radius 2 is 1.83 bits per heavy atom.